The third-order valence-electron chi connectivity index (χ3n) is 8.37. The number of carbonyl (C=O) groups is 2. The summed E-state index contributed by atoms with van der Waals surface area (Å²) in [7, 11) is 0. The molecule has 4 aromatic rings. The lowest BCUT2D eigenvalue weighted by molar-refractivity contribution is -0.359. The maximum absolute atomic E-state index is 15.1. The lowest BCUT2D eigenvalue weighted by atomic mass is 9.82. The highest BCUT2D eigenvalue weighted by Gasteiger charge is 2.46. The predicted octanol–water partition coefficient (Wildman–Crippen LogP) is 6.27. The Morgan fingerprint density at radius 1 is 0.543 bits per heavy atom. The van der Waals surface area contributed by atoms with Crippen molar-refractivity contribution in [3.05, 3.63) is 144 Å². The van der Waals surface area contributed by atoms with Crippen molar-refractivity contribution in [3.8, 4) is 0 Å². The van der Waals surface area contributed by atoms with Gasteiger partial charge in [0.1, 0.15) is 21.6 Å². The zero-order valence-electron chi connectivity index (χ0n) is 24.2. The van der Waals surface area contributed by atoms with E-state index in [1.807, 2.05) is 72.8 Å². The monoisotopic (exact) mass is 668 g/mol. The van der Waals surface area contributed by atoms with E-state index >= 15 is 9.59 Å². The van der Waals surface area contributed by atoms with Crippen molar-refractivity contribution in [2.24, 2.45) is 0 Å². The van der Waals surface area contributed by atoms with E-state index in [2.05, 4.69) is 58.6 Å². The van der Waals surface area contributed by atoms with Gasteiger partial charge in [0.2, 0.25) is 22.9 Å². The van der Waals surface area contributed by atoms with Crippen molar-refractivity contribution >= 4 is 81.4 Å². The molecule has 0 saturated heterocycles. The molecule has 8 heteroatoms. The summed E-state index contributed by atoms with van der Waals surface area (Å²) in [5, 5.41) is 0.235. The fraction of sp³-hybridized carbons (Fsp3) is 0.0526. The second-order valence-corrected chi connectivity index (χ2v) is 15.8. The molecule has 5 aliphatic rings. The number of hydrogen-bond donors (Lipinski definition) is 2. The summed E-state index contributed by atoms with van der Waals surface area (Å²) < 4.78 is 0. The largest absolute Gasteiger partial charge is 0.288 e. The molecule has 0 saturated carbocycles. The van der Waals surface area contributed by atoms with Crippen molar-refractivity contribution in [1.29, 1.82) is 0 Å². The molecule has 2 unspecified atom stereocenters. The molecular weight excluding hydrogens is 645 g/mol. The summed E-state index contributed by atoms with van der Waals surface area (Å²) in [6.07, 6.45) is 16.5. The topological polar surface area (TPSA) is 62.1 Å². The molecule has 4 aromatic carbocycles. The van der Waals surface area contributed by atoms with Gasteiger partial charge < -0.3 is 0 Å². The molecule has 0 bridgehead atoms. The van der Waals surface area contributed by atoms with Crippen molar-refractivity contribution < 1.29 is 19.6 Å². The van der Waals surface area contributed by atoms with Gasteiger partial charge in [0.15, 0.2) is 11.4 Å². The van der Waals surface area contributed by atoms with Gasteiger partial charge in [-0.15, -0.1) is 23.5 Å². The van der Waals surface area contributed by atoms with Gasteiger partial charge in [-0.05, 0) is 36.4 Å². The number of carbonyl (C=O) groups excluding carboxylic acids is 2. The van der Waals surface area contributed by atoms with Crippen LogP contribution in [0.15, 0.2) is 151 Å². The van der Waals surface area contributed by atoms with Gasteiger partial charge in [-0.1, -0.05) is 96.4 Å². The third kappa shape index (κ3) is 4.66. The summed E-state index contributed by atoms with van der Waals surface area (Å²) in [5.74, 6) is -0.254. The minimum atomic E-state index is -0.127. The van der Waals surface area contributed by atoms with Gasteiger partial charge in [-0.25, -0.2) is 9.98 Å². The smallest absolute Gasteiger partial charge is 0.229 e. The number of thioether (sulfide) groups is 2. The molecule has 0 spiro atoms. The Labute approximate surface area is 283 Å². The molecule has 220 valence electrons. The van der Waals surface area contributed by atoms with E-state index in [0.717, 1.165) is 52.2 Å². The molecule has 0 radical (unpaired) electrons. The highest BCUT2D eigenvalue weighted by atomic mass is 32.2. The van der Waals surface area contributed by atoms with Crippen LogP contribution in [-0.2, 0) is 0 Å². The van der Waals surface area contributed by atoms with E-state index in [9.17, 15) is 0 Å². The molecule has 2 N–H and O–H groups in total. The van der Waals surface area contributed by atoms with Crippen molar-refractivity contribution in [1.82, 2.24) is 0 Å². The van der Waals surface area contributed by atoms with E-state index in [4.69, 9.17) is 0 Å². The number of allylic oxidation sites excluding steroid dienone is 6. The van der Waals surface area contributed by atoms with Crippen LogP contribution in [0.1, 0.15) is 31.8 Å². The second-order valence-electron chi connectivity index (χ2n) is 11.2. The fourth-order valence-electron chi connectivity index (χ4n) is 6.29. The van der Waals surface area contributed by atoms with Crippen molar-refractivity contribution in [2.75, 3.05) is 0 Å². The molecule has 9 rings (SSSR count). The molecule has 0 amide bonds. The number of hydrogen-bond acceptors (Lipinski definition) is 6. The first-order valence-corrected chi connectivity index (χ1v) is 18.3. The van der Waals surface area contributed by atoms with Crippen LogP contribution < -0.4 is 9.98 Å². The maximum Gasteiger partial charge on any atom is 0.229 e. The SMILES string of the molecule is O=C1c2c(Sc3ccccc3)cc3c(c2C(=O)c2c(Sc4ccccc4)cc4c(c21)[NH+]=C1C=CC=CC1S4)[NH+]=C1C=CC=CC1S3. The molecule has 2 heterocycles. The lowest BCUT2D eigenvalue weighted by Gasteiger charge is -2.27. The molecule has 0 fully saturated rings. The van der Waals surface area contributed by atoms with Crippen LogP contribution in [0.25, 0.3) is 0 Å². The van der Waals surface area contributed by atoms with Crippen LogP contribution in [0, 0.1) is 0 Å². The first-order chi connectivity index (χ1) is 22.6. The van der Waals surface area contributed by atoms with Gasteiger partial charge in [0.25, 0.3) is 0 Å². The minimum absolute atomic E-state index is 0.117. The van der Waals surface area contributed by atoms with Gasteiger partial charge in [0, 0.05) is 31.7 Å². The Kier molecular flexibility index (Phi) is 6.93. The molecule has 3 aliphatic carbocycles. The van der Waals surface area contributed by atoms with Gasteiger partial charge >= 0.3 is 0 Å². The van der Waals surface area contributed by atoms with E-state index in [-0.39, 0.29) is 22.1 Å². The highest BCUT2D eigenvalue weighted by Crippen LogP contribution is 2.50. The standard InChI is InChI=1S/C38H22N2O2S4/c41-37-31-27(43-21-11-3-1-4-12-21)19-29-35(39-23-15-7-9-17-25(23)45-29)33(31)38(42)32-28(44-22-13-5-2-6-14-22)20-30-36(34(32)37)40-24-16-8-10-18-26(24)46-30/h1-20,25-26H/p+2. The van der Waals surface area contributed by atoms with Crippen LogP contribution in [0.5, 0.6) is 0 Å². The van der Waals surface area contributed by atoms with Crippen LogP contribution in [0.3, 0.4) is 0 Å². The van der Waals surface area contributed by atoms with Crippen LogP contribution >= 0.6 is 47.0 Å². The first-order valence-electron chi connectivity index (χ1n) is 14.9. The van der Waals surface area contributed by atoms with Gasteiger partial charge in [0.05, 0.1) is 20.9 Å². The quantitative estimate of drug-likeness (QED) is 0.236. The number of benzene rings is 4. The minimum Gasteiger partial charge on any atom is -0.288 e. The number of rotatable bonds is 4. The average Bonchev–Trinajstić information content (AvgIpc) is 3.09. The zero-order valence-corrected chi connectivity index (χ0v) is 27.4. The molecule has 46 heavy (non-hydrogen) atoms. The Balaban J connectivity index is 1.31. The van der Waals surface area contributed by atoms with Crippen molar-refractivity contribution in [2.45, 2.75) is 39.9 Å². The molecule has 4 nitrogen and oxygen atoms in total. The molecule has 2 atom stereocenters. The molecular formula is C38H24N2O2S4+2. The summed E-state index contributed by atoms with van der Waals surface area (Å²) in [6.45, 7) is 0. The van der Waals surface area contributed by atoms with E-state index in [1.54, 1.807) is 23.5 Å². The summed E-state index contributed by atoms with van der Waals surface area (Å²) in [6, 6.07) is 24.3. The fourth-order valence-corrected chi connectivity index (χ4v) is 10.8. The Morgan fingerprint density at radius 3 is 1.41 bits per heavy atom. The summed E-state index contributed by atoms with van der Waals surface area (Å²) in [4.78, 5) is 43.0. The maximum atomic E-state index is 15.1. The Bertz CT molecular complexity index is 2040. The number of fused-ring (bicyclic) bond motifs is 8. The van der Waals surface area contributed by atoms with Crippen molar-refractivity contribution in [3.63, 3.8) is 0 Å². The van der Waals surface area contributed by atoms with Crippen LogP contribution in [-0.4, -0.2) is 33.5 Å². The molecule has 2 aliphatic heterocycles. The van der Waals surface area contributed by atoms with Gasteiger partial charge in [-0.2, -0.15) is 0 Å². The Hall–Kier alpha value is -4.08. The normalized spacial score (nSPS) is 19.7. The van der Waals surface area contributed by atoms with Crippen LogP contribution in [0.4, 0.5) is 11.4 Å². The summed E-state index contributed by atoms with van der Waals surface area (Å²) in [5.41, 5.74) is 5.32. The van der Waals surface area contributed by atoms with E-state index < -0.39 is 0 Å². The second kappa shape index (κ2) is 11.3. The van der Waals surface area contributed by atoms with E-state index in [0.29, 0.717) is 22.3 Å². The number of nitrogens with one attached hydrogen (secondary N) is 2. The zero-order chi connectivity index (χ0) is 30.8. The van der Waals surface area contributed by atoms with Crippen LogP contribution in [0.2, 0.25) is 0 Å². The third-order valence-corrected chi connectivity index (χ3v) is 12.9. The summed E-state index contributed by atoms with van der Waals surface area (Å²) >= 11 is 6.50. The highest BCUT2D eigenvalue weighted by molar-refractivity contribution is 8.01. The van der Waals surface area contributed by atoms with E-state index in [1.165, 1.54) is 23.5 Å². The lowest BCUT2D eigenvalue weighted by Crippen LogP contribution is -2.71. The number of ketones is 2. The predicted molar refractivity (Wildman–Crippen MR) is 188 cm³/mol. The first kappa shape index (κ1) is 28.2. The Morgan fingerprint density at radius 2 is 0.978 bits per heavy atom. The molecule has 0 aromatic heterocycles. The van der Waals surface area contributed by atoms with Gasteiger partial charge in [-0.3, -0.25) is 9.59 Å². The average molecular weight is 669 g/mol.